The maximum atomic E-state index is 11.9. The highest BCUT2D eigenvalue weighted by Gasteiger charge is 2.17. The largest absolute Gasteiger partial charge is 0.370 e. The summed E-state index contributed by atoms with van der Waals surface area (Å²) in [5, 5.41) is 0.865. The van der Waals surface area contributed by atoms with Crippen molar-refractivity contribution in [2.75, 3.05) is 11.4 Å². The Balaban J connectivity index is 3.11. The number of aliphatic imine (C=N–C) groups is 1. The van der Waals surface area contributed by atoms with Crippen LogP contribution in [0.25, 0.3) is 0 Å². The number of halogens is 2. The summed E-state index contributed by atoms with van der Waals surface area (Å²) >= 11 is 11.9. The Morgan fingerprint density at radius 2 is 2.06 bits per heavy atom. The molecule has 0 atom stereocenters. The van der Waals surface area contributed by atoms with Crippen molar-refractivity contribution in [2.24, 2.45) is 16.5 Å². The molecule has 1 rings (SSSR count). The lowest BCUT2D eigenvalue weighted by Crippen LogP contribution is -2.33. The summed E-state index contributed by atoms with van der Waals surface area (Å²) in [6, 6.07) is 4.31. The minimum atomic E-state index is -0.555. The number of carbonyl (C=O) groups excluding carboxylic acids is 1. The second-order valence-corrected chi connectivity index (χ2v) is 4.41. The van der Waals surface area contributed by atoms with Crippen LogP contribution in [0.2, 0.25) is 10.0 Å². The van der Waals surface area contributed by atoms with E-state index < -0.39 is 6.03 Å². The van der Waals surface area contributed by atoms with E-state index in [1.54, 1.807) is 18.2 Å². The lowest BCUT2D eigenvalue weighted by Gasteiger charge is -2.21. The van der Waals surface area contributed by atoms with Gasteiger partial charge in [-0.05, 0) is 24.6 Å². The fraction of sp³-hybridized carbons (Fsp3) is 0.273. The molecule has 0 radical (unpaired) electrons. The van der Waals surface area contributed by atoms with Crippen LogP contribution in [0.1, 0.15) is 13.3 Å². The smallest absolute Gasteiger partial charge is 0.351 e. The van der Waals surface area contributed by atoms with E-state index in [9.17, 15) is 4.79 Å². The highest BCUT2D eigenvalue weighted by Crippen LogP contribution is 2.29. The molecule has 2 amide bonds. The van der Waals surface area contributed by atoms with Gasteiger partial charge in [0.2, 0.25) is 0 Å². The number of urea groups is 1. The molecule has 7 heteroatoms. The molecule has 0 aliphatic heterocycles. The van der Waals surface area contributed by atoms with Crippen molar-refractivity contribution in [2.45, 2.75) is 13.3 Å². The summed E-state index contributed by atoms with van der Waals surface area (Å²) in [7, 11) is 0. The van der Waals surface area contributed by atoms with Crippen molar-refractivity contribution in [3.05, 3.63) is 28.2 Å². The highest BCUT2D eigenvalue weighted by atomic mass is 35.5. The molecule has 0 fully saturated rings. The molecule has 18 heavy (non-hydrogen) atoms. The monoisotopic (exact) mass is 288 g/mol. The zero-order valence-corrected chi connectivity index (χ0v) is 11.4. The van der Waals surface area contributed by atoms with Gasteiger partial charge in [-0.2, -0.15) is 4.99 Å². The van der Waals surface area contributed by atoms with Gasteiger partial charge in [-0.25, -0.2) is 4.79 Å². The maximum absolute atomic E-state index is 11.9. The average molecular weight is 289 g/mol. The van der Waals surface area contributed by atoms with Crippen LogP contribution < -0.4 is 16.4 Å². The van der Waals surface area contributed by atoms with Crippen LogP contribution in [-0.2, 0) is 0 Å². The number of guanidine groups is 1. The molecule has 0 saturated heterocycles. The number of rotatable bonds is 3. The minimum Gasteiger partial charge on any atom is -0.370 e. The number of benzene rings is 1. The Morgan fingerprint density at radius 3 is 2.56 bits per heavy atom. The quantitative estimate of drug-likeness (QED) is 0.662. The van der Waals surface area contributed by atoms with E-state index >= 15 is 0 Å². The second kappa shape index (κ2) is 6.47. The zero-order chi connectivity index (χ0) is 13.7. The summed E-state index contributed by atoms with van der Waals surface area (Å²) in [5.41, 5.74) is 10.9. The second-order valence-electron chi connectivity index (χ2n) is 3.57. The van der Waals surface area contributed by atoms with Gasteiger partial charge in [0.25, 0.3) is 0 Å². The molecular formula is C11H14Cl2N4O. The number of anilines is 1. The summed E-state index contributed by atoms with van der Waals surface area (Å²) < 4.78 is 0. The first-order valence-corrected chi connectivity index (χ1v) is 6.07. The molecule has 98 valence electrons. The van der Waals surface area contributed by atoms with Crippen LogP contribution in [0.4, 0.5) is 10.5 Å². The fourth-order valence-corrected chi connectivity index (χ4v) is 1.92. The molecule has 0 aromatic heterocycles. The third kappa shape index (κ3) is 3.78. The highest BCUT2D eigenvalue weighted by molar-refractivity contribution is 6.36. The number of hydrogen-bond donors (Lipinski definition) is 2. The van der Waals surface area contributed by atoms with E-state index in [4.69, 9.17) is 34.7 Å². The summed E-state index contributed by atoms with van der Waals surface area (Å²) in [6.45, 7) is 2.39. The van der Waals surface area contributed by atoms with Gasteiger partial charge in [-0.1, -0.05) is 30.1 Å². The van der Waals surface area contributed by atoms with Crippen molar-refractivity contribution in [1.82, 2.24) is 0 Å². The van der Waals surface area contributed by atoms with Crippen LogP contribution >= 0.6 is 23.2 Å². The molecule has 0 spiro atoms. The standard InChI is InChI=1S/C11H14Cl2N4O/c1-2-5-17(11(18)16-10(14)15)9-4-3-7(12)6-8(9)13/h3-4,6H,2,5H2,1H3,(H4,14,15,16,18). The van der Waals surface area contributed by atoms with Crippen LogP contribution in [0.5, 0.6) is 0 Å². The molecule has 0 aliphatic carbocycles. The number of carbonyl (C=O) groups is 1. The lowest BCUT2D eigenvalue weighted by molar-refractivity contribution is 0.254. The average Bonchev–Trinajstić information content (AvgIpc) is 2.25. The molecule has 1 aromatic rings. The third-order valence-corrected chi connectivity index (χ3v) is 2.64. The van der Waals surface area contributed by atoms with E-state index in [0.717, 1.165) is 6.42 Å². The number of hydrogen-bond acceptors (Lipinski definition) is 1. The Labute approximate surface area is 115 Å². The molecule has 4 N–H and O–H groups in total. The van der Waals surface area contributed by atoms with Gasteiger partial charge in [-0.3, -0.25) is 4.90 Å². The van der Waals surface area contributed by atoms with Gasteiger partial charge < -0.3 is 11.5 Å². The zero-order valence-electron chi connectivity index (χ0n) is 9.86. The predicted octanol–water partition coefficient (Wildman–Crippen LogP) is 2.60. The van der Waals surface area contributed by atoms with Crippen LogP contribution in [0.15, 0.2) is 23.2 Å². The molecule has 1 aromatic carbocycles. The molecule has 0 unspecified atom stereocenters. The Morgan fingerprint density at radius 1 is 1.39 bits per heavy atom. The van der Waals surface area contributed by atoms with E-state index in [0.29, 0.717) is 22.3 Å². The lowest BCUT2D eigenvalue weighted by atomic mass is 10.3. The van der Waals surface area contributed by atoms with Crippen molar-refractivity contribution >= 4 is 40.9 Å². The van der Waals surface area contributed by atoms with Gasteiger partial charge in [0.1, 0.15) is 0 Å². The topological polar surface area (TPSA) is 84.7 Å². The van der Waals surface area contributed by atoms with Gasteiger partial charge in [-0.15, -0.1) is 0 Å². The maximum Gasteiger partial charge on any atom is 0.351 e. The molecule has 0 saturated carbocycles. The van der Waals surface area contributed by atoms with Gasteiger partial charge >= 0.3 is 6.03 Å². The Bertz CT molecular complexity index is 472. The predicted molar refractivity (Wildman–Crippen MR) is 75.3 cm³/mol. The fourth-order valence-electron chi connectivity index (χ4n) is 1.41. The third-order valence-electron chi connectivity index (χ3n) is 2.10. The van der Waals surface area contributed by atoms with E-state index in [2.05, 4.69) is 4.99 Å². The summed E-state index contributed by atoms with van der Waals surface area (Å²) in [5.74, 6) is -0.286. The molecule has 0 bridgehead atoms. The van der Waals surface area contributed by atoms with Crippen LogP contribution in [-0.4, -0.2) is 18.5 Å². The number of nitrogens with zero attached hydrogens (tertiary/aromatic N) is 2. The normalized spacial score (nSPS) is 9.94. The SMILES string of the molecule is CCCN(C(=O)N=C(N)N)c1ccc(Cl)cc1Cl. The summed E-state index contributed by atoms with van der Waals surface area (Å²) in [4.78, 5) is 16.8. The first-order valence-electron chi connectivity index (χ1n) is 5.32. The Hall–Kier alpha value is -1.46. The molecule has 0 aliphatic rings. The molecule has 5 nitrogen and oxygen atoms in total. The van der Waals surface area contributed by atoms with Gasteiger partial charge in [0.15, 0.2) is 5.96 Å². The van der Waals surface area contributed by atoms with Crippen molar-refractivity contribution in [3.8, 4) is 0 Å². The van der Waals surface area contributed by atoms with E-state index in [-0.39, 0.29) is 5.96 Å². The van der Waals surface area contributed by atoms with Gasteiger partial charge in [0.05, 0.1) is 10.7 Å². The first-order chi connectivity index (χ1) is 8.45. The van der Waals surface area contributed by atoms with E-state index in [1.165, 1.54) is 4.90 Å². The Kier molecular flexibility index (Phi) is 5.25. The minimum absolute atomic E-state index is 0.286. The van der Waals surface area contributed by atoms with Crippen molar-refractivity contribution < 1.29 is 4.79 Å². The van der Waals surface area contributed by atoms with Gasteiger partial charge in [0, 0.05) is 11.6 Å². The van der Waals surface area contributed by atoms with Crippen LogP contribution in [0, 0.1) is 0 Å². The van der Waals surface area contributed by atoms with Crippen molar-refractivity contribution in [1.29, 1.82) is 0 Å². The number of nitrogens with two attached hydrogens (primary N) is 2. The first kappa shape index (κ1) is 14.6. The molecular weight excluding hydrogens is 275 g/mol. The number of amides is 2. The van der Waals surface area contributed by atoms with Crippen LogP contribution in [0.3, 0.4) is 0 Å². The van der Waals surface area contributed by atoms with E-state index in [1.807, 2.05) is 6.92 Å². The molecule has 0 heterocycles. The summed E-state index contributed by atoms with van der Waals surface area (Å²) in [6.07, 6.45) is 0.741. The van der Waals surface area contributed by atoms with Crippen molar-refractivity contribution in [3.63, 3.8) is 0 Å².